The van der Waals surface area contributed by atoms with E-state index in [1.54, 1.807) is 0 Å². The van der Waals surface area contributed by atoms with Gasteiger partial charge in [0.2, 0.25) is 0 Å². The number of allylic oxidation sites excluding steroid dienone is 4. The van der Waals surface area contributed by atoms with Gasteiger partial charge in [0.1, 0.15) is 0 Å². The summed E-state index contributed by atoms with van der Waals surface area (Å²) in [6.45, 7) is 11.7. The molecular formula is C22H32. The SMILES string of the molecule is CC(C)Cc1ccccc1CC1(C)C=CC=CC1CC(C)C. The van der Waals surface area contributed by atoms with E-state index in [2.05, 4.69) is 83.2 Å². The van der Waals surface area contributed by atoms with E-state index in [9.17, 15) is 0 Å². The summed E-state index contributed by atoms with van der Waals surface area (Å²) in [4.78, 5) is 0. The monoisotopic (exact) mass is 296 g/mol. The molecule has 1 aromatic carbocycles. The van der Waals surface area contributed by atoms with E-state index < -0.39 is 0 Å². The average molecular weight is 296 g/mol. The Kier molecular flexibility index (Phi) is 5.67. The Morgan fingerprint density at radius 3 is 2.27 bits per heavy atom. The summed E-state index contributed by atoms with van der Waals surface area (Å²) >= 11 is 0. The highest BCUT2D eigenvalue weighted by atomic mass is 14.4. The van der Waals surface area contributed by atoms with Crippen LogP contribution in [0.25, 0.3) is 0 Å². The highest BCUT2D eigenvalue weighted by molar-refractivity contribution is 5.31. The molecule has 2 atom stereocenters. The van der Waals surface area contributed by atoms with Gasteiger partial charge in [0.05, 0.1) is 0 Å². The Hall–Kier alpha value is -1.30. The lowest BCUT2D eigenvalue weighted by molar-refractivity contribution is 0.261. The van der Waals surface area contributed by atoms with Crippen LogP contribution in [-0.2, 0) is 12.8 Å². The molecule has 2 rings (SSSR count). The number of rotatable bonds is 6. The topological polar surface area (TPSA) is 0 Å². The van der Waals surface area contributed by atoms with Gasteiger partial charge in [-0.2, -0.15) is 0 Å². The third-order valence-electron chi connectivity index (χ3n) is 4.82. The molecule has 1 aromatic rings. The summed E-state index contributed by atoms with van der Waals surface area (Å²) in [6, 6.07) is 9.04. The lowest BCUT2D eigenvalue weighted by atomic mass is 9.67. The molecule has 0 nitrogen and oxygen atoms in total. The van der Waals surface area contributed by atoms with Crippen LogP contribution in [0.4, 0.5) is 0 Å². The van der Waals surface area contributed by atoms with Gasteiger partial charge in [-0.25, -0.2) is 0 Å². The Morgan fingerprint density at radius 2 is 1.64 bits per heavy atom. The minimum atomic E-state index is 0.242. The molecule has 0 radical (unpaired) electrons. The van der Waals surface area contributed by atoms with Crippen LogP contribution in [-0.4, -0.2) is 0 Å². The van der Waals surface area contributed by atoms with Crippen molar-refractivity contribution in [3.8, 4) is 0 Å². The molecule has 1 aliphatic rings. The lowest BCUT2D eigenvalue weighted by Gasteiger charge is -2.37. The maximum absolute atomic E-state index is 2.44. The minimum Gasteiger partial charge on any atom is -0.0806 e. The van der Waals surface area contributed by atoms with E-state index in [1.165, 1.54) is 24.0 Å². The molecule has 0 saturated heterocycles. The fourth-order valence-corrected chi connectivity index (χ4v) is 3.64. The van der Waals surface area contributed by atoms with Gasteiger partial charge in [0.25, 0.3) is 0 Å². The summed E-state index contributed by atoms with van der Waals surface area (Å²) < 4.78 is 0. The lowest BCUT2D eigenvalue weighted by Crippen LogP contribution is -2.29. The van der Waals surface area contributed by atoms with E-state index in [0.717, 1.165) is 12.3 Å². The van der Waals surface area contributed by atoms with Crippen molar-refractivity contribution >= 4 is 0 Å². The normalized spacial score (nSPS) is 24.4. The Bertz CT molecular complexity index is 533. The van der Waals surface area contributed by atoms with Gasteiger partial charge < -0.3 is 0 Å². The van der Waals surface area contributed by atoms with Gasteiger partial charge in [-0.1, -0.05) is 83.2 Å². The molecule has 0 aromatic heterocycles. The van der Waals surface area contributed by atoms with Gasteiger partial charge in [0, 0.05) is 0 Å². The zero-order valence-electron chi connectivity index (χ0n) is 15.0. The number of hydrogen-bond acceptors (Lipinski definition) is 0. The van der Waals surface area contributed by atoms with Gasteiger partial charge >= 0.3 is 0 Å². The first-order valence-electron chi connectivity index (χ1n) is 8.83. The Labute approximate surface area is 137 Å². The first-order chi connectivity index (χ1) is 10.4. The van der Waals surface area contributed by atoms with E-state index >= 15 is 0 Å². The molecule has 0 bridgehead atoms. The van der Waals surface area contributed by atoms with E-state index in [0.29, 0.717) is 11.8 Å². The summed E-state index contributed by atoms with van der Waals surface area (Å²) in [7, 11) is 0. The van der Waals surface area contributed by atoms with Crippen LogP contribution in [0.5, 0.6) is 0 Å². The summed E-state index contributed by atoms with van der Waals surface area (Å²) in [6.07, 6.45) is 12.9. The molecule has 22 heavy (non-hydrogen) atoms. The molecule has 2 unspecified atom stereocenters. The maximum atomic E-state index is 2.44. The first-order valence-corrected chi connectivity index (χ1v) is 8.83. The maximum Gasteiger partial charge on any atom is -0.00400 e. The van der Waals surface area contributed by atoms with E-state index in [4.69, 9.17) is 0 Å². The molecule has 0 heterocycles. The number of hydrogen-bond donors (Lipinski definition) is 0. The molecule has 120 valence electrons. The highest BCUT2D eigenvalue weighted by Crippen LogP contribution is 2.40. The van der Waals surface area contributed by atoms with Crippen LogP contribution in [0.3, 0.4) is 0 Å². The molecule has 0 heteroatoms. The zero-order chi connectivity index (χ0) is 16.2. The van der Waals surface area contributed by atoms with Crippen LogP contribution in [0.2, 0.25) is 0 Å². The zero-order valence-corrected chi connectivity index (χ0v) is 15.0. The highest BCUT2D eigenvalue weighted by Gasteiger charge is 2.32. The second-order valence-electron chi connectivity index (χ2n) is 8.03. The fourth-order valence-electron chi connectivity index (χ4n) is 3.64. The van der Waals surface area contributed by atoms with Crippen molar-refractivity contribution < 1.29 is 0 Å². The minimum absolute atomic E-state index is 0.242. The van der Waals surface area contributed by atoms with Crippen molar-refractivity contribution in [1.82, 2.24) is 0 Å². The van der Waals surface area contributed by atoms with Crippen LogP contribution >= 0.6 is 0 Å². The Balaban J connectivity index is 2.24. The average Bonchev–Trinajstić information content (AvgIpc) is 2.43. The van der Waals surface area contributed by atoms with Crippen molar-refractivity contribution in [2.24, 2.45) is 23.2 Å². The van der Waals surface area contributed by atoms with Crippen molar-refractivity contribution in [3.63, 3.8) is 0 Å². The van der Waals surface area contributed by atoms with Crippen LogP contribution in [0.1, 0.15) is 52.2 Å². The standard InChI is InChI=1S/C22H32/c1-17(2)14-19-10-6-7-11-20(19)16-22(5)13-9-8-12-21(22)15-18(3)4/h6-13,17-18,21H,14-16H2,1-5H3. The summed E-state index contributed by atoms with van der Waals surface area (Å²) in [5.74, 6) is 2.10. The Morgan fingerprint density at radius 1 is 0.955 bits per heavy atom. The molecule has 0 aliphatic heterocycles. The van der Waals surface area contributed by atoms with Gasteiger partial charge in [-0.3, -0.25) is 0 Å². The summed E-state index contributed by atoms with van der Waals surface area (Å²) in [5, 5.41) is 0. The van der Waals surface area contributed by atoms with E-state index in [1.807, 2.05) is 0 Å². The second kappa shape index (κ2) is 7.31. The molecule has 0 spiro atoms. The van der Waals surface area contributed by atoms with Crippen molar-refractivity contribution in [1.29, 1.82) is 0 Å². The molecular weight excluding hydrogens is 264 g/mol. The molecule has 0 saturated carbocycles. The molecule has 0 N–H and O–H groups in total. The van der Waals surface area contributed by atoms with Crippen LogP contribution in [0.15, 0.2) is 48.6 Å². The predicted octanol–water partition coefficient (Wildman–Crippen LogP) is 6.22. The van der Waals surface area contributed by atoms with Crippen LogP contribution < -0.4 is 0 Å². The molecule has 0 fully saturated rings. The third-order valence-corrected chi connectivity index (χ3v) is 4.82. The predicted molar refractivity (Wildman–Crippen MR) is 98.0 cm³/mol. The second-order valence-corrected chi connectivity index (χ2v) is 8.03. The fraction of sp³-hybridized carbons (Fsp3) is 0.545. The molecule has 1 aliphatic carbocycles. The smallest absolute Gasteiger partial charge is 0.00400 e. The third kappa shape index (κ3) is 4.35. The number of benzene rings is 1. The first kappa shape index (κ1) is 17.1. The van der Waals surface area contributed by atoms with Crippen molar-refractivity contribution in [2.75, 3.05) is 0 Å². The van der Waals surface area contributed by atoms with E-state index in [-0.39, 0.29) is 5.41 Å². The van der Waals surface area contributed by atoms with Crippen molar-refractivity contribution in [2.45, 2.75) is 53.9 Å². The van der Waals surface area contributed by atoms with Gasteiger partial charge in [-0.05, 0) is 53.6 Å². The largest absolute Gasteiger partial charge is 0.0806 e. The van der Waals surface area contributed by atoms with Gasteiger partial charge in [-0.15, -0.1) is 0 Å². The summed E-state index contributed by atoms with van der Waals surface area (Å²) in [5.41, 5.74) is 3.31. The quantitative estimate of drug-likeness (QED) is 0.584. The van der Waals surface area contributed by atoms with Gasteiger partial charge in [0.15, 0.2) is 0 Å². The molecule has 0 amide bonds. The van der Waals surface area contributed by atoms with Crippen molar-refractivity contribution in [3.05, 3.63) is 59.7 Å². The van der Waals surface area contributed by atoms with Crippen LogP contribution in [0, 0.1) is 23.2 Å².